The molecule has 2 N–H and O–H groups in total. The summed E-state index contributed by atoms with van der Waals surface area (Å²) in [5.74, 6) is -1.03. The lowest BCUT2D eigenvalue weighted by Crippen LogP contribution is -2.50. The molecule has 0 amide bonds. The smallest absolute Gasteiger partial charge is 0.129 e. The van der Waals surface area contributed by atoms with Crippen molar-refractivity contribution in [1.29, 1.82) is 0 Å². The predicted molar refractivity (Wildman–Crippen MR) is 119 cm³/mol. The number of nitrogens with zero attached hydrogens (tertiary/aromatic N) is 2. The predicted octanol–water partition coefficient (Wildman–Crippen LogP) is 4.93. The molecule has 2 rings (SSSR count). The third-order valence-corrected chi connectivity index (χ3v) is 5.82. The monoisotopic (exact) mass is 439 g/mol. The molecule has 7 heteroatoms. The van der Waals surface area contributed by atoms with Crippen molar-refractivity contribution in [3.8, 4) is 0 Å². The van der Waals surface area contributed by atoms with Gasteiger partial charge in [0.1, 0.15) is 24.4 Å². The fourth-order valence-corrected chi connectivity index (χ4v) is 4.15. The molecular formula is C24H36F3N3O. The van der Waals surface area contributed by atoms with Gasteiger partial charge in [-0.2, -0.15) is 0 Å². The zero-order valence-corrected chi connectivity index (χ0v) is 18.9. The van der Waals surface area contributed by atoms with Crippen LogP contribution in [0.2, 0.25) is 0 Å². The van der Waals surface area contributed by atoms with Crippen molar-refractivity contribution in [2.45, 2.75) is 58.2 Å². The van der Waals surface area contributed by atoms with Gasteiger partial charge in [-0.05, 0) is 44.5 Å². The first-order valence-electron chi connectivity index (χ1n) is 11.1. The van der Waals surface area contributed by atoms with Gasteiger partial charge in [-0.15, -0.1) is 0 Å². The highest BCUT2D eigenvalue weighted by molar-refractivity contribution is 5.23. The van der Waals surface area contributed by atoms with Crippen LogP contribution < -0.4 is 5.73 Å². The first-order chi connectivity index (χ1) is 14.9. The van der Waals surface area contributed by atoms with E-state index in [2.05, 4.69) is 18.4 Å². The molecule has 0 aromatic heterocycles. The van der Waals surface area contributed by atoms with Crippen LogP contribution in [0.15, 0.2) is 42.2 Å². The minimum atomic E-state index is -0.684. The summed E-state index contributed by atoms with van der Waals surface area (Å²) in [4.78, 5) is 4.12. The summed E-state index contributed by atoms with van der Waals surface area (Å²) in [6.07, 6.45) is 3.61. The summed E-state index contributed by atoms with van der Waals surface area (Å²) >= 11 is 0. The Morgan fingerprint density at radius 1 is 1.26 bits per heavy atom. The van der Waals surface area contributed by atoms with E-state index in [9.17, 15) is 13.2 Å². The number of rotatable bonds is 11. The summed E-state index contributed by atoms with van der Waals surface area (Å²) in [6, 6.07) is 2.88. The van der Waals surface area contributed by atoms with Crippen molar-refractivity contribution < 1.29 is 17.9 Å². The van der Waals surface area contributed by atoms with Crippen LogP contribution in [0, 0.1) is 11.6 Å². The van der Waals surface area contributed by atoms with E-state index < -0.39 is 30.5 Å². The largest absolute Gasteiger partial charge is 0.370 e. The highest BCUT2D eigenvalue weighted by Crippen LogP contribution is 2.31. The number of hydrogen-bond acceptors (Lipinski definition) is 4. The molecule has 174 valence electrons. The van der Waals surface area contributed by atoms with Gasteiger partial charge in [0.2, 0.25) is 0 Å². The topological polar surface area (TPSA) is 41.7 Å². The minimum Gasteiger partial charge on any atom is -0.370 e. The average molecular weight is 440 g/mol. The molecule has 1 heterocycles. The van der Waals surface area contributed by atoms with E-state index in [4.69, 9.17) is 10.5 Å². The first kappa shape index (κ1) is 25.4. The molecule has 1 aromatic carbocycles. The Morgan fingerprint density at radius 2 is 2.00 bits per heavy atom. The van der Waals surface area contributed by atoms with Gasteiger partial charge in [0, 0.05) is 42.1 Å². The molecule has 0 saturated carbocycles. The van der Waals surface area contributed by atoms with E-state index in [1.165, 1.54) is 0 Å². The summed E-state index contributed by atoms with van der Waals surface area (Å²) < 4.78 is 47.3. The van der Waals surface area contributed by atoms with Gasteiger partial charge < -0.3 is 15.4 Å². The Balaban J connectivity index is 2.06. The molecular weight excluding hydrogens is 403 g/mol. The van der Waals surface area contributed by atoms with Crippen LogP contribution in [0.3, 0.4) is 0 Å². The number of nitrogens with two attached hydrogens (primary N) is 1. The van der Waals surface area contributed by atoms with E-state index >= 15 is 0 Å². The molecule has 4 nitrogen and oxygen atoms in total. The van der Waals surface area contributed by atoms with E-state index in [0.29, 0.717) is 31.8 Å². The molecule has 3 atom stereocenters. The minimum absolute atomic E-state index is 0.0109. The van der Waals surface area contributed by atoms with Crippen LogP contribution >= 0.6 is 0 Å². The number of unbranched alkanes of at least 4 members (excludes halogenated alkanes) is 1. The summed E-state index contributed by atoms with van der Waals surface area (Å²) in [5.41, 5.74) is 7.94. The molecule has 0 radical (unpaired) electrons. The van der Waals surface area contributed by atoms with Crippen molar-refractivity contribution in [2.24, 2.45) is 5.73 Å². The molecule has 0 aliphatic carbocycles. The van der Waals surface area contributed by atoms with E-state index in [0.717, 1.165) is 43.3 Å². The second kappa shape index (κ2) is 12.3. The van der Waals surface area contributed by atoms with E-state index in [1.807, 2.05) is 24.8 Å². The number of benzene rings is 1. The van der Waals surface area contributed by atoms with E-state index in [-0.39, 0.29) is 11.6 Å². The highest BCUT2D eigenvalue weighted by Gasteiger charge is 2.34. The Morgan fingerprint density at radius 3 is 2.58 bits per heavy atom. The molecule has 1 aromatic rings. The molecule has 1 aliphatic heterocycles. The Bertz CT molecular complexity index is 756. The van der Waals surface area contributed by atoms with Crippen molar-refractivity contribution in [1.82, 2.24) is 9.80 Å². The van der Waals surface area contributed by atoms with Crippen molar-refractivity contribution in [3.05, 3.63) is 59.4 Å². The Hall–Kier alpha value is -1.83. The fourth-order valence-electron chi connectivity index (χ4n) is 4.15. The fraction of sp³-hybridized carbons (Fsp3) is 0.583. The number of likely N-dealkylation sites (N-methyl/N-ethyl adjacent to an activating group) is 2. The van der Waals surface area contributed by atoms with Gasteiger partial charge in [0.05, 0.1) is 6.61 Å². The van der Waals surface area contributed by atoms with Gasteiger partial charge in [-0.3, -0.25) is 4.90 Å². The van der Waals surface area contributed by atoms with Gasteiger partial charge in [-0.1, -0.05) is 32.9 Å². The Kier molecular flexibility index (Phi) is 10.1. The first-order valence-corrected chi connectivity index (χ1v) is 11.1. The van der Waals surface area contributed by atoms with Gasteiger partial charge in [0.25, 0.3) is 0 Å². The summed E-state index contributed by atoms with van der Waals surface area (Å²) in [7, 11) is 0. The van der Waals surface area contributed by atoms with Crippen LogP contribution in [0.25, 0.3) is 0 Å². The van der Waals surface area contributed by atoms with Gasteiger partial charge in [-0.25, -0.2) is 13.2 Å². The third-order valence-electron chi connectivity index (χ3n) is 5.82. The second-order valence-electron chi connectivity index (χ2n) is 7.96. The molecule has 1 fully saturated rings. The molecule has 0 spiro atoms. The molecule has 0 bridgehead atoms. The number of hydrogen-bond donors (Lipinski definition) is 1. The van der Waals surface area contributed by atoms with Crippen LogP contribution in [0.4, 0.5) is 13.2 Å². The maximum atomic E-state index is 14.2. The molecule has 1 aliphatic rings. The number of ether oxygens (including phenoxy) is 1. The van der Waals surface area contributed by atoms with Gasteiger partial charge >= 0.3 is 0 Å². The average Bonchev–Trinajstić information content (AvgIpc) is 2.76. The van der Waals surface area contributed by atoms with Gasteiger partial charge in [0.15, 0.2) is 0 Å². The number of halogens is 3. The van der Waals surface area contributed by atoms with Crippen molar-refractivity contribution in [3.63, 3.8) is 0 Å². The van der Waals surface area contributed by atoms with E-state index in [1.54, 1.807) is 0 Å². The summed E-state index contributed by atoms with van der Waals surface area (Å²) in [6.45, 7) is 12.0. The lowest BCUT2D eigenvalue weighted by molar-refractivity contribution is -0.0497. The maximum absolute atomic E-state index is 14.2. The van der Waals surface area contributed by atoms with Crippen molar-refractivity contribution in [2.75, 3.05) is 32.9 Å². The van der Waals surface area contributed by atoms with Crippen LogP contribution in [-0.2, 0) is 4.74 Å². The molecule has 2 unspecified atom stereocenters. The number of alkyl halides is 1. The summed E-state index contributed by atoms with van der Waals surface area (Å²) in [5, 5.41) is 0. The zero-order valence-electron chi connectivity index (χ0n) is 18.9. The SMILES string of the molecule is C=C(CN(CC)C1CO[C@H](c2cc(F)ccc2F)C(N)C1)N(CC)/C(=C/CCC)CF. The lowest BCUT2D eigenvalue weighted by atomic mass is 9.93. The van der Waals surface area contributed by atoms with Crippen LogP contribution in [0.5, 0.6) is 0 Å². The normalized spacial score (nSPS) is 22.1. The standard InChI is InChI=1S/C24H36F3N3O/c1-5-8-9-19(14-25)30(7-3)17(4)15-29(6-2)20-13-23(28)24(31-16-20)21-12-18(26)10-11-22(21)27/h9-12,20,23-24H,4-8,13-16,28H2,1-3H3/b19-9+/t20?,23?,24-/m1/s1. The lowest BCUT2D eigenvalue weighted by Gasteiger charge is -2.41. The molecule has 1 saturated heterocycles. The Labute approximate surface area is 184 Å². The van der Waals surface area contributed by atoms with Crippen molar-refractivity contribution >= 4 is 0 Å². The quantitative estimate of drug-likeness (QED) is 0.531. The highest BCUT2D eigenvalue weighted by atomic mass is 19.1. The molecule has 31 heavy (non-hydrogen) atoms. The third kappa shape index (κ3) is 6.57. The van der Waals surface area contributed by atoms with Crippen LogP contribution in [-0.4, -0.2) is 54.8 Å². The number of allylic oxidation sites excluding steroid dienone is 2. The zero-order chi connectivity index (χ0) is 23.0. The van der Waals surface area contributed by atoms with Crippen LogP contribution in [0.1, 0.15) is 51.7 Å². The maximum Gasteiger partial charge on any atom is 0.129 e. The second-order valence-corrected chi connectivity index (χ2v) is 7.96.